The second kappa shape index (κ2) is 18.0. The van der Waals surface area contributed by atoms with Gasteiger partial charge in [0, 0.05) is 48.2 Å². The summed E-state index contributed by atoms with van der Waals surface area (Å²) in [6.45, 7) is 1.57. The second-order valence-corrected chi connectivity index (χ2v) is 16.3. The molecule has 5 heterocycles. The van der Waals surface area contributed by atoms with E-state index in [0.29, 0.717) is 29.8 Å². The van der Waals surface area contributed by atoms with Crippen molar-refractivity contribution in [1.29, 1.82) is 0 Å². The maximum atomic E-state index is 14.8. The summed E-state index contributed by atoms with van der Waals surface area (Å²) in [6, 6.07) is 0.914. The summed E-state index contributed by atoms with van der Waals surface area (Å²) < 4.78 is 16.6. The van der Waals surface area contributed by atoms with Crippen molar-refractivity contribution in [3.05, 3.63) is 45.3 Å². The van der Waals surface area contributed by atoms with Gasteiger partial charge in [0.2, 0.25) is 29.6 Å². The Hall–Kier alpha value is -5.14. The van der Waals surface area contributed by atoms with E-state index in [1.807, 2.05) is 11.7 Å². The number of halogens is 1. The molecule has 6 N–H and O–H groups in total. The maximum Gasteiger partial charge on any atom is 0.272 e. The van der Waals surface area contributed by atoms with E-state index in [4.69, 9.17) is 0 Å². The van der Waals surface area contributed by atoms with E-state index in [1.54, 1.807) is 12.3 Å². The van der Waals surface area contributed by atoms with Gasteiger partial charge in [-0.25, -0.2) is 14.4 Å². The Balaban J connectivity index is 0.722. The zero-order valence-corrected chi connectivity index (χ0v) is 32.6. The summed E-state index contributed by atoms with van der Waals surface area (Å²) in [5.74, 6) is -1.97. The van der Waals surface area contributed by atoms with Gasteiger partial charge in [0.1, 0.15) is 16.6 Å². The Bertz CT molecular complexity index is 1990. The SMILES string of the molecule is Cn1ncc(-c2nc(NC3CCC(NCC(=O)NCCCCNCC(=O)NCc4cc5c(s4)C(=O)N(C4CCC(=O)NC4=O)C5=O)CC3)ncc2F)c1CC1CC1. The third-order valence-electron chi connectivity index (χ3n) is 10.9. The number of carbonyl (C=O) groups is 6. The number of piperidine rings is 1. The first kappa shape index (κ1) is 40.1. The summed E-state index contributed by atoms with van der Waals surface area (Å²) in [7, 11) is 1.88. The van der Waals surface area contributed by atoms with Crippen LogP contribution >= 0.6 is 11.3 Å². The molecule has 1 atom stereocenters. The number of nitrogens with zero attached hydrogens (tertiary/aromatic N) is 5. The number of fused-ring (bicyclic) bond motifs is 1. The van der Waals surface area contributed by atoms with Gasteiger partial charge in [-0.1, -0.05) is 0 Å². The number of aryl methyl sites for hydroxylation is 1. The molecule has 3 fully saturated rings. The first-order valence-electron chi connectivity index (χ1n) is 19.7. The van der Waals surface area contributed by atoms with Gasteiger partial charge in [-0.15, -0.1) is 11.3 Å². The van der Waals surface area contributed by atoms with Crippen LogP contribution in [0, 0.1) is 11.7 Å². The number of rotatable bonds is 18. The Kier molecular flexibility index (Phi) is 12.6. The minimum Gasteiger partial charge on any atom is -0.355 e. The molecule has 19 heteroatoms. The number of anilines is 1. The standard InChI is InChI=1S/C38H48FN11O6S/c1-49-29(14-21-4-5-21)26(17-45-49)33-27(39)18-44-38(48-33)46-23-8-6-22(7-9-23)42-20-32(53)41-13-3-2-12-40-19-31(52)43-16-24-15-25-34(57-24)37(56)50(36(25)55)28-10-11-30(51)47-35(28)54/h15,17-18,21-23,28,40,42H,2-14,16,19-20H2,1H3,(H,41,53)(H,43,52)(H,44,46,48)(H,47,51,54). The number of amides is 6. The van der Waals surface area contributed by atoms with E-state index in [-0.39, 0.29) is 72.5 Å². The smallest absolute Gasteiger partial charge is 0.272 e. The van der Waals surface area contributed by atoms with Crippen molar-refractivity contribution < 1.29 is 33.2 Å². The Labute approximate surface area is 332 Å². The molecule has 0 spiro atoms. The first-order valence-corrected chi connectivity index (χ1v) is 20.5. The molecule has 2 aliphatic carbocycles. The van der Waals surface area contributed by atoms with E-state index in [0.717, 1.165) is 72.4 Å². The largest absolute Gasteiger partial charge is 0.355 e. The molecule has 2 aliphatic heterocycles. The number of unbranched alkanes of at least 4 members (excludes halogenated alkanes) is 1. The highest BCUT2D eigenvalue weighted by atomic mass is 32.1. The average molecular weight is 806 g/mol. The zero-order chi connectivity index (χ0) is 40.1. The first-order chi connectivity index (χ1) is 27.5. The van der Waals surface area contributed by atoms with E-state index < -0.39 is 35.5 Å². The van der Waals surface area contributed by atoms with Gasteiger partial charge < -0.3 is 26.6 Å². The van der Waals surface area contributed by atoms with Crippen LogP contribution in [0.3, 0.4) is 0 Å². The lowest BCUT2D eigenvalue weighted by Crippen LogP contribution is -2.54. The Morgan fingerprint density at radius 2 is 1.67 bits per heavy atom. The van der Waals surface area contributed by atoms with Crippen molar-refractivity contribution in [3.8, 4) is 11.3 Å². The van der Waals surface area contributed by atoms with Gasteiger partial charge in [-0.2, -0.15) is 5.10 Å². The van der Waals surface area contributed by atoms with Gasteiger partial charge in [-0.05, 0) is 82.7 Å². The lowest BCUT2D eigenvalue weighted by molar-refractivity contribution is -0.136. The summed E-state index contributed by atoms with van der Waals surface area (Å²) in [6.07, 6.45) is 11.3. The molecule has 3 aromatic rings. The van der Waals surface area contributed by atoms with Crippen molar-refractivity contribution in [2.45, 2.75) is 95.3 Å². The minimum atomic E-state index is -1.01. The van der Waals surface area contributed by atoms with Crippen molar-refractivity contribution in [1.82, 2.24) is 51.2 Å². The van der Waals surface area contributed by atoms with Gasteiger partial charge in [0.15, 0.2) is 5.82 Å². The van der Waals surface area contributed by atoms with Crippen molar-refractivity contribution in [2.24, 2.45) is 13.0 Å². The number of imide groups is 2. The quantitative estimate of drug-likeness (QED) is 0.0797. The molecular weight excluding hydrogens is 758 g/mol. The van der Waals surface area contributed by atoms with E-state index in [2.05, 4.69) is 47.0 Å². The van der Waals surface area contributed by atoms with E-state index in [9.17, 15) is 33.2 Å². The topological polar surface area (TPSA) is 221 Å². The summed E-state index contributed by atoms with van der Waals surface area (Å²) in [5, 5.41) is 22.1. The molecule has 1 saturated heterocycles. The monoisotopic (exact) mass is 805 g/mol. The van der Waals surface area contributed by atoms with Gasteiger partial charge in [0.25, 0.3) is 11.8 Å². The summed E-state index contributed by atoms with van der Waals surface area (Å²) in [5.41, 5.74) is 2.19. The van der Waals surface area contributed by atoms with Crippen LogP contribution in [0.4, 0.5) is 10.3 Å². The van der Waals surface area contributed by atoms with Crippen LogP contribution in [0.1, 0.15) is 94.8 Å². The van der Waals surface area contributed by atoms with Crippen LogP contribution in [0.25, 0.3) is 11.3 Å². The summed E-state index contributed by atoms with van der Waals surface area (Å²) in [4.78, 5) is 84.8. The van der Waals surface area contributed by atoms with Gasteiger partial charge in [-0.3, -0.25) is 43.7 Å². The Morgan fingerprint density at radius 1 is 0.912 bits per heavy atom. The highest BCUT2D eigenvalue weighted by Crippen LogP contribution is 2.36. The predicted octanol–water partition coefficient (Wildman–Crippen LogP) is 1.55. The number of carbonyl (C=O) groups excluding carboxylic acids is 6. The lowest BCUT2D eigenvalue weighted by atomic mass is 9.91. The van der Waals surface area contributed by atoms with Crippen LogP contribution in [0.5, 0.6) is 0 Å². The molecule has 0 aromatic carbocycles. The highest BCUT2D eigenvalue weighted by Gasteiger charge is 2.46. The third kappa shape index (κ3) is 9.88. The van der Waals surface area contributed by atoms with Crippen molar-refractivity contribution in [2.75, 3.05) is 31.5 Å². The molecule has 304 valence electrons. The Morgan fingerprint density at radius 3 is 2.42 bits per heavy atom. The van der Waals surface area contributed by atoms with E-state index >= 15 is 0 Å². The number of hydrogen-bond donors (Lipinski definition) is 6. The van der Waals surface area contributed by atoms with Crippen LogP contribution in [0.15, 0.2) is 18.5 Å². The second-order valence-electron chi connectivity index (χ2n) is 15.2. The van der Waals surface area contributed by atoms with Crippen LogP contribution in [-0.4, -0.2) is 104 Å². The molecule has 4 aliphatic rings. The number of nitrogens with one attached hydrogen (secondary N) is 6. The van der Waals surface area contributed by atoms with Crippen molar-refractivity contribution >= 4 is 52.7 Å². The summed E-state index contributed by atoms with van der Waals surface area (Å²) >= 11 is 1.10. The van der Waals surface area contributed by atoms with Crippen LogP contribution < -0.4 is 31.9 Å². The normalized spacial score (nSPS) is 20.7. The minimum absolute atomic E-state index is 0.0543. The zero-order valence-electron chi connectivity index (χ0n) is 31.8. The molecule has 57 heavy (non-hydrogen) atoms. The fourth-order valence-corrected chi connectivity index (χ4v) is 8.52. The fraction of sp³-hybridized carbons (Fsp3) is 0.553. The molecule has 17 nitrogen and oxygen atoms in total. The van der Waals surface area contributed by atoms with Gasteiger partial charge in [0.05, 0.1) is 37.6 Å². The predicted molar refractivity (Wildman–Crippen MR) is 206 cm³/mol. The van der Waals surface area contributed by atoms with Crippen LogP contribution in [0.2, 0.25) is 0 Å². The molecule has 7 rings (SSSR count). The maximum absolute atomic E-state index is 14.8. The van der Waals surface area contributed by atoms with Gasteiger partial charge >= 0.3 is 0 Å². The molecule has 3 aromatic heterocycles. The average Bonchev–Trinajstić information content (AvgIpc) is 3.73. The molecule has 0 bridgehead atoms. The van der Waals surface area contributed by atoms with E-state index in [1.165, 1.54) is 19.0 Å². The molecule has 2 saturated carbocycles. The number of thiophene rings is 1. The highest BCUT2D eigenvalue weighted by molar-refractivity contribution is 7.14. The number of aromatic nitrogens is 4. The third-order valence-corrected chi connectivity index (χ3v) is 12.0. The van der Waals surface area contributed by atoms with Crippen LogP contribution in [-0.2, 0) is 39.2 Å². The molecule has 0 radical (unpaired) electrons. The van der Waals surface area contributed by atoms with Crippen molar-refractivity contribution in [3.63, 3.8) is 0 Å². The fourth-order valence-electron chi connectivity index (χ4n) is 7.49. The number of hydrogen-bond acceptors (Lipinski definition) is 13. The molecule has 1 unspecified atom stereocenters. The molecular formula is C38H48FN11O6S. The lowest BCUT2D eigenvalue weighted by Gasteiger charge is -2.29. The molecule has 6 amide bonds.